The molecule has 2 rings (SSSR count). The Balaban J connectivity index is 2.62. The van der Waals surface area contributed by atoms with Crippen LogP contribution >= 0.6 is 34.8 Å². The Bertz CT molecular complexity index is 624. The number of carbonyl (C=O) groups is 1. The molecule has 5 heteroatoms. The molecule has 0 aliphatic heterocycles. The Morgan fingerprint density at radius 3 is 2.39 bits per heavy atom. The fourth-order valence-electron chi connectivity index (χ4n) is 1.58. The number of halogens is 3. The molecule has 18 heavy (non-hydrogen) atoms. The normalized spacial score (nSPS) is 10.4. The van der Waals surface area contributed by atoms with Gasteiger partial charge in [0.2, 0.25) is 0 Å². The van der Waals surface area contributed by atoms with Crippen molar-refractivity contribution in [3.63, 3.8) is 0 Å². The minimum Gasteiger partial charge on any atom is -0.478 e. The van der Waals surface area contributed by atoms with Gasteiger partial charge in [0.15, 0.2) is 0 Å². The van der Waals surface area contributed by atoms with Gasteiger partial charge in [-0.1, -0.05) is 53.0 Å². The lowest BCUT2D eigenvalue weighted by Gasteiger charge is -2.07. The van der Waals surface area contributed by atoms with Gasteiger partial charge in [-0.2, -0.15) is 0 Å². The summed E-state index contributed by atoms with van der Waals surface area (Å²) in [6.45, 7) is 0. The average Bonchev–Trinajstić information content (AvgIpc) is 2.33. The summed E-state index contributed by atoms with van der Waals surface area (Å²) < 4.78 is 0. The summed E-state index contributed by atoms with van der Waals surface area (Å²) in [4.78, 5) is 11.0. The van der Waals surface area contributed by atoms with Gasteiger partial charge < -0.3 is 5.11 Å². The second-order valence-electron chi connectivity index (χ2n) is 3.60. The second kappa shape index (κ2) is 5.19. The molecule has 0 bridgehead atoms. The van der Waals surface area contributed by atoms with Crippen molar-refractivity contribution in [2.75, 3.05) is 0 Å². The predicted octanol–water partition coefficient (Wildman–Crippen LogP) is 5.01. The topological polar surface area (TPSA) is 37.3 Å². The van der Waals surface area contributed by atoms with Crippen molar-refractivity contribution in [2.45, 2.75) is 0 Å². The zero-order valence-corrected chi connectivity index (χ0v) is 11.2. The Labute approximate surface area is 119 Å². The first-order chi connectivity index (χ1) is 8.50. The Kier molecular flexibility index (Phi) is 3.81. The Hall–Kier alpha value is -1.22. The summed E-state index contributed by atoms with van der Waals surface area (Å²) in [6, 6.07) is 9.88. The molecule has 0 amide bonds. The largest absolute Gasteiger partial charge is 0.478 e. The van der Waals surface area contributed by atoms with E-state index in [1.165, 1.54) is 12.1 Å². The van der Waals surface area contributed by atoms with E-state index in [0.29, 0.717) is 21.2 Å². The lowest BCUT2D eigenvalue weighted by Crippen LogP contribution is -1.97. The predicted molar refractivity (Wildman–Crippen MR) is 73.9 cm³/mol. The van der Waals surface area contributed by atoms with Gasteiger partial charge in [0.1, 0.15) is 0 Å². The third-order valence-corrected chi connectivity index (χ3v) is 3.61. The smallest absolute Gasteiger partial charge is 0.337 e. The third-order valence-electron chi connectivity index (χ3n) is 2.46. The molecule has 0 aliphatic rings. The highest BCUT2D eigenvalue weighted by Crippen LogP contribution is 2.34. The van der Waals surface area contributed by atoms with Gasteiger partial charge in [-0.05, 0) is 23.8 Å². The van der Waals surface area contributed by atoms with Crippen LogP contribution in [-0.2, 0) is 0 Å². The van der Waals surface area contributed by atoms with Crippen molar-refractivity contribution >= 4 is 40.8 Å². The summed E-state index contributed by atoms with van der Waals surface area (Å²) in [5, 5.41) is 10.0. The lowest BCUT2D eigenvalue weighted by atomic mass is 10.0. The highest BCUT2D eigenvalue weighted by atomic mass is 35.5. The molecule has 0 heterocycles. The molecule has 0 saturated carbocycles. The first-order valence-corrected chi connectivity index (χ1v) is 6.11. The van der Waals surface area contributed by atoms with Crippen LogP contribution in [0.4, 0.5) is 0 Å². The van der Waals surface area contributed by atoms with Crippen LogP contribution in [0.25, 0.3) is 11.1 Å². The van der Waals surface area contributed by atoms with Crippen LogP contribution in [0.2, 0.25) is 15.1 Å². The van der Waals surface area contributed by atoms with Gasteiger partial charge in [-0.25, -0.2) is 4.79 Å². The zero-order valence-electron chi connectivity index (χ0n) is 8.95. The van der Waals surface area contributed by atoms with E-state index >= 15 is 0 Å². The molecular weight excluding hydrogens is 294 g/mol. The fourth-order valence-corrected chi connectivity index (χ4v) is 2.19. The minimum atomic E-state index is -1.08. The molecule has 0 spiro atoms. The highest BCUT2D eigenvalue weighted by Gasteiger charge is 2.12. The molecule has 0 aromatic heterocycles. The summed E-state index contributed by atoms with van der Waals surface area (Å²) in [5.74, 6) is -1.08. The van der Waals surface area contributed by atoms with Gasteiger partial charge in [0.05, 0.1) is 20.6 Å². The molecule has 1 N–H and O–H groups in total. The standard InChI is InChI=1S/C13H7Cl3O2/c14-10-5-4-7(6-9(10)13(17)18)8-2-1-3-11(15)12(8)16/h1-6H,(H,17,18). The maximum Gasteiger partial charge on any atom is 0.337 e. The van der Waals surface area contributed by atoms with Gasteiger partial charge >= 0.3 is 5.97 Å². The lowest BCUT2D eigenvalue weighted by molar-refractivity contribution is 0.0697. The molecule has 0 fully saturated rings. The van der Waals surface area contributed by atoms with Crippen LogP contribution in [0.15, 0.2) is 36.4 Å². The average molecular weight is 302 g/mol. The van der Waals surface area contributed by atoms with Gasteiger partial charge in [-0.15, -0.1) is 0 Å². The van der Waals surface area contributed by atoms with Crippen LogP contribution in [0.5, 0.6) is 0 Å². The molecular formula is C13H7Cl3O2. The van der Waals surface area contributed by atoms with Crippen molar-refractivity contribution in [1.82, 2.24) is 0 Å². The fraction of sp³-hybridized carbons (Fsp3) is 0. The summed E-state index contributed by atoms with van der Waals surface area (Å²) >= 11 is 17.8. The van der Waals surface area contributed by atoms with Crippen molar-refractivity contribution < 1.29 is 9.90 Å². The highest BCUT2D eigenvalue weighted by molar-refractivity contribution is 6.43. The van der Waals surface area contributed by atoms with Gasteiger partial charge in [0.25, 0.3) is 0 Å². The molecule has 2 aromatic rings. The summed E-state index contributed by atoms with van der Waals surface area (Å²) in [6.07, 6.45) is 0. The number of benzene rings is 2. The van der Waals surface area contributed by atoms with E-state index in [1.54, 1.807) is 24.3 Å². The number of hydrogen-bond acceptors (Lipinski definition) is 1. The van der Waals surface area contributed by atoms with E-state index in [9.17, 15) is 4.79 Å². The SMILES string of the molecule is O=C(O)c1cc(-c2cccc(Cl)c2Cl)ccc1Cl. The molecule has 0 aliphatic carbocycles. The molecule has 2 nitrogen and oxygen atoms in total. The monoisotopic (exact) mass is 300 g/mol. The second-order valence-corrected chi connectivity index (χ2v) is 4.79. The first kappa shape index (κ1) is 13.2. The number of aromatic carboxylic acids is 1. The number of hydrogen-bond donors (Lipinski definition) is 1. The molecule has 0 atom stereocenters. The van der Waals surface area contributed by atoms with Crippen LogP contribution in [-0.4, -0.2) is 11.1 Å². The first-order valence-electron chi connectivity index (χ1n) is 4.98. The van der Waals surface area contributed by atoms with Crippen LogP contribution < -0.4 is 0 Å². The van der Waals surface area contributed by atoms with E-state index in [1.807, 2.05) is 0 Å². The van der Waals surface area contributed by atoms with Crippen molar-refractivity contribution in [3.05, 3.63) is 57.0 Å². The summed E-state index contributed by atoms with van der Waals surface area (Å²) in [7, 11) is 0. The van der Waals surface area contributed by atoms with E-state index in [-0.39, 0.29) is 10.6 Å². The quantitative estimate of drug-likeness (QED) is 0.846. The maximum absolute atomic E-state index is 11.0. The van der Waals surface area contributed by atoms with Crippen molar-refractivity contribution in [1.29, 1.82) is 0 Å². The number of carboxylic acid groups (broad SMARTS) is 1. The molecule has 0 radical (unpaired) electrons. The van der Waals surface area contributed by atoms with E-state index in [2.05, 4.69) is 0 Å². The molecule has 0 unspecified atom stereocenters. The van der Waals surface area contributed by atoms with Crippen molar-refractivity contribution in [2.24, 2.45) is 0 Å². The van der Waals surface area contributed by atoms with Crippen molar-refractivity contribution in [3.8, 4) is 11.1 Å². The summed E-state index contributed by atoms with van der Waals surface area (Å²) in [5.41, 5.74) is 1.36. The maximum atomic E-state index is 11.0. The molecule has 2 aromatic carbocycles. The van der Waals surface area contributed by atoms with E-state index in [0.717, 1.165) is 0 Å². The van der Waals surface area contributed by atoms with Gasteiger partial charge in [0, 0.05) is 5.56 Å². The Morgan fingerprint density at radius 2 is 1.72 bits per heavy atom. The number of rotatable bonds is 2. The van der Waals surface area contributed by atoms with Gasteiger partial charge in [-0.3, -0.25) is 0 Å². The molecule has 92 valence electrons. The van der Waals surface area contributed by atoms with E-state index < -0.39 is 5.97 Å². The van der Waals surface area contributed by atoms with E-state index in [4.69, 9.17) is 39.9 Å². The number of carboxylic acids is 1. The Morgan fingerprint density at radius 1 is 1.00 bits per heavy atom. The molecule has 0 saturated heterocycles. The van der Waals surface area contributed by atoms with Crippen LogP contribution in [0, 0.1) is 0 Å². The minimum absolute atomic E-state index is 0.0326. The van der Waals surface area contributed by atoms with Crippen LogP contribution in [0.1, 0.15) is 10.4 Å². The third kappa shape index (κ3) is 2.46. The zero-order chi connectivity index (χ0) is 13.3. The van der Waals surface area contributed by atoms with Crippen LogP contribution in [0.3, 0.4) is 0 Å².